The van der Waals surface area contributed by atoms with Crippen LogP contribution in [-0.2, 0) is 9.59 Å². The average molecular weight is 337 g/mol. The highest BCUT2D eigenvalue weighted by Gasteiger charge is 2.34. The highest BCUT2D eigenvalue weighted by molar-refractivity contribution is 7.99. The summed E-state index contributed by atoms with van der Waals surface area (Å²) in [5, 5.41) is 9.22. The second kappa shape index (κ2) is 8.24. The molecule has 1 aliphatic heterocycles. The zero-order valence-electron chi connectivity index (χ0n) is 13.5. The molecule has 1 heterocycles. The fraction of sp³-hybridized carbons (Fsp3) is 0.529. The van der Waals surface area contributed by atoms with Gasteiger partial charge in [0.1, 0.15) is 5.75 Å². The summed E-state index contributed by atoms with van der Waals surface area (Å²) in [5.41, 5.74) is 0. The summed E-state index contributed by atoms with van der Waals surface area (Å²) < 4.78 is 5.11. The van der Waals surface area contributed by atoms with E-state index >= 15 is 0 Å². The third-order valence-electron chi connectivity index (χ3n) is 4.27. The molecule has 0 unspecified atom stereocenters. The van der Waals surface area contributed by atoms with Gasteiger partial charge >= 0.3 is 5.97 Å². The molecule has 0 aromatic heterocycles. The van der Waals surface area contributed by atoms with Crippen LogP contribution in [0.4, 0.5) is 0 Å². The predicted octanol–water partition coefficient (Wildman–Crippen LogP) is 2.89. The zero-order valence-corrected chi connectivity index (χ0v) is 14.3. The summed E-state index contributed by atoms with van der Waals surface area (Å²) in [6, 6.07) is 7.51. The first-order valence-electron chi connectivity index (χ1n) is 7.82. The number of carboxylic acids is 1. The molecule has 0 saturated carbocycles. The second-order valence-electron chi connectivity index (χ2n) is 5.69. The van der Waals surface area contributed by atoms with Gasteiger partial charge in [0.2, 0.25) is 5.91 Å². The molecule has 23 heavy (non-hydrogen) atoms. The number of amides is 1. The van der Waals surface area contributed by atoms with E-state index in [1.165, 1.54) is 0 Å². The van der Waals surface area contributed by atoms with Gasteiger partial charge in [-0.2, -0.15) is 0 Å². The summed E-state index contributed by atoms with van der Waals surface area (Å²) in [6.45, 7) is 2.50. The number of carboxylic acid groups (broad SMARTS) is 1. The van der Waals surface area contributed by atoms with E-state index in [1.54, 1.807) is 23.8 Å². The number of hydrogen-bond donors (Lipinski definition) is 1. The molecular weight excluding hydrogens is 314 g/mol. The summed E-state index contributed by atoms with van der Waals surface area (Å²) >= 11 is 1.62. The Hall–Kier alpha value is -1.69. The van der Waals surface area contributed by atoms with Crippen molar-refractivity contribution in [1.82, 2.24) is 4.90 Å². The number of nitrogens with zero attached hydrogens (tertiary/aromatic N) is 1. The standard InChI is InChI=1S/C17H23NO4S/c1-12-15(17(20)21)4-3-10-18(12)16(19)9-11-23-14-7-5-13(22-2)6-8-14/h5-8,12,15H,3-4,9-11H2,1-2H3,(H,20,21)/t12-,15-/m0/s1. The molecule has 126 valence electrons. The van der Waals surface area contributed by atoms with Crippen molar-refractivity contribution in [3.63, 3.8) is 0 Å². The number of thioether (sulfide) groups is 1. The lowest BCUT2D eigenvalue weighted by atomic mass is 9.90. The van der Waals surface area contributed by atoms with E-state index in [4.69, 9.17) is 4.74 Å². The lowest BCUT2D eigenvalue weighted by Crippen LogP contribution is -2.49. The first kappa shape index (κ1) is 17.7. The maximum Gasteiger partial charge on any atom is 0.308 e. The molecule has 2 rings (SSSR count). The zero-order chi connectivity index (χ0) is 16.8. The molecule has 1 amide bonds. The van der Waals surface area contributed by atoms with Crippen molar-refractivity contribution in [3.05, 3.63) is 24.3 Å². The fourth-order valence-electron chi connectivity index (χ4n) is 2.90. The van der Waals surface area contributed by atoms with Crippen molar-refractivity contribution in [1.29, 1.82) is 0 Å². The van der Waals surface area contributed by atoms with E-state index in [0.29, 0.717) is 25.1 Å². The normalized spacial score (nSPS) is 21.0. The van der Waals surface area contributed by atoms with Gasteiger partial charge in [-0.25, -0.2) is 0 Å². The van der Waals surface area contributed by atoms with Gasteiger partial charge in [-0.1, -0.05) is 0 Å². The third kappa shape index (κ3) is 4.64. The first-order valence-corrected chi connectivity index (χ1v) is 8.80. The number of rotatable bonds is 6. The summed E-state index contributed by atoms with van der Waals surface area (Å²) in [4.78, 5) is 26.4. The van der Waals surface area contributed by atoms with Crippen LogP contribution < -0.4 is 4.74 Å². The molecule has 1 aromatic carbocycles. The molecular formula is C17H23NO4S. The van der Waals surface area contributed by atoms with Gasteiger partial charge in [0, 0.05) is 29.7 Å². The number of carbonyl (C=O) groups excluding carboxylic acids is 1. The molecule has 1 N–H and O–H groups in total. The molecule has 1 aromatic rings. The minimum Gasteiger partial charge on any atom is -0.497 e. The first-order chi connectivity index (χ1) is 11.0. The van der Waals surface area contributed by atoms with Gasteiger partial charge in [0.25, 0.3) is 0 Å². The van der Waals surface area contributed by atoms with Gasteiger partial charge in [-0.3, -0.25) is 9.59 Å². The number of benzene rings is 1. The topological polar surface area (TPSA) is 66.8 Å². The van der Waals surface area contributed by atoms with Gasteiger partial charge in [-0.05, 0) is 44.0 Å². The number of piperidine rings is 1. The number of hydrogen-bond acceptors (Lipinski definition) is 4. The van der Waals surface area contributed by atoms with E-state index in [0.717, 1.165) is 17.1 Å². The molecule has 0 radical (unpaired) electrons. The van der Waals surface area contributed by atoms with Gasteiger partial charge < -0.3 is 14.7 Å². The van der Waals surface area contributed by atoms with Crippen LogP contribution in [-0.4, -0.2) is 47.3 Å². The van der Waals surface area contributed by atoms with Crippen LogP contribution in [0, 0.1) is 5.92 Å². The Balaban J connectivity index is 1.82. The monoisotopic (exact) mass is 337 g/mol. The predicted molar refractivity (Wildman–Crippen MR) is 89.9 cm³/mol. The van der Waals surface area contributed by atoms with Crippen molar-refractivity contribution in [2.24, 2.45) is 5.92 Å². The number of methoxy groups -OCH3 is 1. The molecule has 5 nitrogen and oxygen atoms in total. The number of carbonyl (C=O) groups is 2. The third-order valence-corrected chi connectivity index (χ3v) is 5.28. The van der Waals surface area contributed by atoms with Gasteiger partial charge in [0.05, 0.1) is 13.0 Å². The van der Waals surface area contributed by atoms with E-state index in [2.05, 4.69) is 0 Å². The molecule has 1 fully saturated rings. The second-order valence-corrected chi connectivity index (χ2v) is 6.86. The number of likely N-dealkylation sites (tertiary alicyclic amines) is 1. The lowest BCUT2D eigenvalue weighted by molar-refractivity contribution is -0.148. The van der Waals surface area contributed by atoms with E-state index in [9.17, 15) is 14.7 Å². The van der Waals surface area contributed by atoms with E-state index in [1.807, 2.05) is 31.2 Å². The maximum atomic E-state index is 12.4. The van der Waals surface area contributed by atoms with Crippen LogP contribution in [0.15, 0.2) is 29.2 Å². The minimum atomic E-state index is -0.803. The smallest absolute Gasteiger partial charge is 0.308 e. The van der Waals surface area contributed by atoms with Crippen molar-refractivity contribution in [3.8, 4) is 5.75 Å². The fourth-order valence-corrected chi connectivity index (χ4v) is 3.74. The van der Waals surface area contributed by atoms with Crippen LogP contribution >= 0.6 is 11.8 Å². The summed E-state index contributed by atoms with van der Waals surface area (Å²) in [7, 11) is 1.63. The lowest BCUT2D eigenvalue weighted by Gasteiger charge is -2.37. The van der Waals surface area contributed by atoms with E-state index < -0.39 is 11.9 Å². The molecule has 0 aliphatic carbocycles. The van der Waals surface area contributed by atoms with Crippen LogP contribution in [0.5, 0.6) is 5.75 Å². The maximum absolute atomic E-state index is 12.4. The van der Waals surface area contributed by atoms with Gasteiger partial charge in [-0.15, -0.1) is 11.8 Å². The molecule has 0 bridgehead atoms. The van der Waals surface area contributed by atoms with Gasteiger partial charge in [0.15, 0.2) is 0 Å². The summed E-state index contributed by atoms with van der Waals surface area (Å²) in [5.74, 6) is 0.299. The SMILES string of the molecule is COc1ccc(SCCC(=O)N2CCC[C@H](C(=O)O)[C@@H]2C)cc1. The Morgan fingerprint density at radius 1 is 1.35 bits per heavy atom. The summed E-state index contributed by atoms with van der Waals surface area (Å²) in [6.07, 6.45) is 1.84. The molecule has 0 spiro atoms. The highest BCUT2D eigenvalue weighted by atomic mass is 32.2. The van der Waals surface area contributed by atoms with Crippen molar-refractivity contribution in [2.45, 2.75) is 37.1 Å². The van der Waals surface area contributed by atoms with Crippen LogP contribution in [0.1, 0.15) is 26.2 Å². The Kier molecular flexibility index (Phi) is 6.33. The molecule has 2 atom stereocenters. The van der Waals surface area contributed by atoms with Crippen LogP contribution in [0.25, 0.3) is 0 Å². The van der Waals surface area contributed by atoms with E-state index in [-0.39, 0.29) is 11.9 Å². The van der Waals surface area contributed by atoms with Crippen molar-refractivity contribution in [2.75, 3.05) is 19.4 Å². The van der Waals surface area contributed by atoms with Crippen molar-refractivity contribution >= 4 is 23.6 Å². The quantitative estimate of drug-likeness (QED) is 0.809. The number of aliphatic carboxylic acids is 1. The molecule has 1 aliphatic rings. The Morgan fingerprint density at radius 3 is 2.65 bits per heavy atom. The Labute approximate surface area is 141 Å². The molecule has 6 heteroatoms. The highest BCUT2D eigenvalue weighted by Crippen LogP contribution is 2.26. The Morgan fingerprint density at radius 2 is 2.04 bits per heavy atom. The van der Waals surface area contributed by atoms with Crippen molar-refractivity contribution < 1.29 is 19.4 Å². The minimum absolute atomic E-state index is 0.0458. The van der Waals surface area contributed by atoms with Crippen LogP contribution in [0.3, 0.4) is 0 Å². The largest absolute Gasteiger partial charge is 0.497 e. The number of ether oxygens (including phenoxy) is 1. The molecule has 1 saturated heterocycles. The Bertz CT molecular complexity index is 546. The van der Waals surface area contributed by atoms with Crippen LogP contribution in [0.2, 0.25) is 0 Å². The average Bonchev–Trinajstić information content (AvgIpc) is 2.55.